The van der Waals surface area contributed by atoms with Gasteiger partial charge in [-0.3, -0.25) is 14.9 Å². The van der Waals surface area contributed by atoms with Gasteiger partial charge in [0.05, 0.1) is 4.92 Å². The fourth-order valence-corrected chi connectivity index (χ4v) is 2.41. The lowest BCUT2D eigenvalue weighted by Gasteiger charge is -2.08. The Morgan fingerprint density at radius 3 is 2.80 bits per heavy atom. The number of anilines is 1. The number of amides is 1. The van der Waals surface area contributed by atoms with Crippen LogP contribution in [0.1, 0.15) is 22.8 Å². The molecule has 0 atom stereocenters. The summed E-state index contributed by atoms with van der Waals surface area (Å²) in [6.45, 7) is 2.02. The van der Waals surface area contributed by atoms with Crippen LogP contribution in [0.15, 0.2) is 55.1 Å². The van der Waals surface area contributed by atoms with Gasteiger partial charge in [-0.2, -0.15) is 5.10 Å². The van der Waals surface area contributed by atoms with Crippen molar-refractivity contribution in [1.82, 2.24) is 14.8 Å². The Balaban J connectivity index is 1.90. The minimum absolute atomic E-state index is 0.192. The van der Waals surface area contributed by atoms with Crippen molar-refractivity contribution in [1.29, 1.82) is 0 Å². The minimum Gasteiger partial charge on any atom is -0.322 e. The molecular weight excluding hydrogens is 322 g/mol. The zero-order valence-electron chi connectivity index (χ0n) is 13.4. The van der Waals surface area contributed by atoms with Crippen molar-refractivity contribution in [2.45, 2.75) is 13.3 Å². The SMILES string of the molecule is CCc1cccc(NC(=O)c2ccc(-n3cncn3)c([N+](=O)[O-])c2)c1. The van der Waals surface area contributed by atoms with E-state index in [-0.39, 0.29) is 16.9 Å². The molecule has 3 rings (SSSR count). The van der Waals surface area contributed by atoms with Crippen molar-refractivity contribution >= 4 is 17.3 Å². The van der Waals surface area contributed by atoms with Crippen LogP contribution in [0, 0.1) is 10.1 Å². The van der Waals surface area contributed by atoms with E-state index in [9.17, 15) is 14.9 Å². The highest BCUT2D eigenvalue weighted by Crippen LogP contribution is 2.24. The second-order valence-corrected chi connectivity index (χ2v) is 5.31. The second-order valence-electron chi connectivity index (χ2n) is 5.31. The van der Waals surface area contributed by atoms with Gasteiger partial charge < -0.3 is 5.32 Å². The highest BCUT2D eigenvalue weighted by Gasteiger charge is 2.19. The Kier molecular flexibility index (Phi) is 4.51. The standard InChI is InChI=1S/C17H15N5O3/c1-2-12-4-3-5-14(8-12)20-17(23)13-6-7-15(16(9-13)22(24)25)21-11-18-10-19-21/h3-11H,2H2,1H3,(H,20,23). The summed E-state index contributed by atoms with van der Waals surface area (Å²) in [6.07, 6.45) is 3.49. The number of hydrogen-bond donors (Lipinski definition) is 1. The largest absolute Gasteiger partial charge is 0.322 e. The van der Waals surface area contributed by atoms with Crippen LogP contribution >= 0.6 is 0 Å². The number of nitro benzene ring substituents is 1. The lowest BCUT2D eigenvalue weighted by Crippen LogP contribution is -2.13. The predicted molar refractivity (Wildman–Crippen MR) is 91.8 cm³/mol. The minimum atomic E-state index is -0.550. The molecule has 126 valence electrons. The van der Waals surface area contributed by atoms with Gasteiger partial charge in [0.25, 0.3) is 11.6 Å². The third kappa shape index (κ3) is 3.52. The summed E-state index contributed by atoms with van der Waals surface area (Å²) in [6, 6.07) is 11.7. The maximum atomic E-state index is 12.4. The van der Waals surface area contributed by atoms with Gasteiger partial charge >= 0.3 is 0 Å². The quantitative estimate of drug-likeness (QED) is 0.569. The summed E-state index contributed by atoms with van der Waals surface area (Å²) in [5.41, 5.74) is 1.95. The van der Waals surface area contributed by atoms with Crippen LogP contribution in [0.3, 0.4) is 0 Å². The molecule has 0 saturated heterocycles. The van der Waals surface area contributed by atoms with E-state index >= 15 is 0 Å². The molecule has 1 N–H and O–H groups in total. The van der Waals surface area contributed by atoms with Crippen LogP contribution in [0.2, 0.25) is 0 Å². The first-order valence-electron chi connectivity index (χ1n) is 7.62. The van der Waals surface area contributed by atoms with Crippen LogP contribution < -0.4 is 5.32 Å². The number of nitrogens with zero attached hydrogens (tertiary/aromatic N) is 4. The maximum absolute atomic E-state index is 12.4. The summed E-state index contributed by atoms with van der Waals surface area (Å²) >= 11 is 0. The molecule has 0 aliphatic rings. The molecule has 0 bridgehead atoms. The first kappa shape index (κ1) is 16.3. The molecule has 0 fully saturated rings. The third-order valence-electron chi connectivity index (χ3n) is 3.69. The molecule has 8 heteroatoms. The summed E-state index contributed by atoms with van der Waals surface area (Å²) in [7, 11) is 0. The zero-order chi connectivity index (χ0) is 17.8. The second kappa shape index (κ2) is 6.91. The van der Waals surface area contributed by atoms with Gasteiger partial charge in [-0.05, 0) is 36.2 Å². The van der Waals surface area contributed by atoms with Gasteiger partial charge in [-0.1, -0.05) is 19.1 Å². The normalized spacial score (nSPS) is 10.4. The Morgan fingerprint density at radius 1 is 1.28 bits per heavy atom. The van der Waals surface area contributed by atoms with Crippen molar-refractivity contribution in [2.75, 3.05) is 5.32 Å². The van der Waals surface area contributed by atoms with Gasteiger partial charge in [0.15, 0.2) is 0 Å². The molecule has 1 amide bonds. The van der Waals surface area contributed by atoms with E-state index in [0.717, 1.165) is 12.0 Å². The summed E-state index contributed by atoms with van der Waals surface area (Å²) in [5.74, 6) is -0.415. The number of nitrogens with one attached hydrogen (secondary N) is 1. The summed E-state index contributed by atoms with van der Waals surface area (Å²) in [4.78, 5) is 27.0. The van der Waals surface area contributed by atoms with E-state index in [0.29, 0.717) is 5.69 Å². The smallest absolute Gasteiger partial charge is 0.295 e. The molecule has 2 aromatic carbocycles. The third-order valence-corrected chi connectivity index (χ3v) is 3.69. The van der Waals surface area contributed by atoms with Gasteiger partial charge in [0, 0.05) is 17.3 Å². The van der Waals surface area contributed by atoms with Gasteiger partial charge in [0.2, 0.25) is 0 Å². The molecule has 1 heterocycles. The molecule has 0 radical (unpaired) electrons. The fraction of sp³-hybridized carbons (Fsp3) is 0.118. The number of hydrogen-bond acceptors (Lipinski definition) is 5. The van der Waals surface area contributed by atoms with E-state index < -0.39 is 10.8 Å². The molecule has 0 saturated carbocycles. The molecule has 8 nitrogen and oxygen atoms in total. The number of rotatable bonds is 5. The number of carbonyl (C=O) groups is 1. The number of aromatic nitrogens is 3. The molecule has 25 heavy (non-hydrogen) atoms. The zero-order valence-corrected chi connectivity index (χ0v) is 13.4. The Labute approximate surface area is 143 Å². The average Bonchev–Trinajstić information content (AvgIpc) is 3.15. The molecule has 0 spiro atoms. The first-order chi connectivity index (χ1) is 12.1. The number of nitro groups is 1. The van der Waals surface area contributed by atoms with Crippen molar-refractivity contribution in [2.24, 2.45) is 0 Å². The van der Waals surface area contributed by atoms with E-state index in [1.165, 1.54) is 35.5 Å². The van der Waals surface area contributed by atoms with Crippen molar-refractivity contribution in [3.63, 3.8) is 0 Å². The van der Waals surface area contributed by atoms with Crippen LogP contribution in [0.4, 0.5) is 11.4 Å². The van der Waals surface area contributed by atoms with Crippen molar-refractivity contribution in [3.05, 3.63) is 76.4 Å². The summed E-state index contributed by atoms with van der Waals surface area (Å²) in [5, 5.41) is 18.0. The van der Waals surface area contributed by atoms with E-state index in [1.54, 1.807) is 6.07 Å². The highest BCUT2D eigenvalue weighted by molar-refractivity contribution is 6.05. The van der Waals surface area contributed by atoms with Crippen molar-refractivity contribution < 1.29 is 9.72 Å². The lowest BCUT2D eigenvalue weighted by atomic mass is 10.1. The predicted octanol–water partition coefficient (Wildman–Crippen LogP) is 2.99. The van der Waals surface area contributed by atoms with E-state index in [1.807, 2.05) is 25.1 Å². The van der Waals surface area contributed by atoms with Crippen LogP contribution in [0.25, 0.3) is 5.69 Å². The molecule has 3 aromatic rings. The Morgan fingerprint density at radius 2 is 2.12 bits per heavy atom. The van der Waals surface area contributed by atoms with E-state index in [4.69, 9.17) is 0 Å². The molecule has 0 aliphatic heterocycles. The topological polar surface area (TPSA) is 103 Å². The van der Waals surface area contributed by atoms with E-state index in [2.05, 4.69) is 15.4 Å². The van der Waals surface area contributed by atoms with Crippen molar-refractivity contribution in [3.8, 4) is 5.69 Å². The van der Waals surface area contributed by atoms with Crippen LogP contribution in [-0.4, -0.2) is 25.6 Å². The maximum Gasteiger partial charge on any atom is 0.295 e. The monoisotopic (exact) mass is 337 g/mol. The van der Waals surface area contributed by atoms with Gasteiger partial charge in [0.1, 0.15) is 18.3 Å². The van der Waals surface area contributed by atoms with Gasteiger partial charge in [-0.25, -0.2) is 9.67 Å². The summed E-state index contributed by atoms with van der Waals surface area (Å²) < 4.78 is 1.28. The first-order valence-corrected chi connectivity index (χ1v) is 7.62. The highest BCUT2D eigenvalue weighted by atomic mass is 16.6. The average molecular weight is 337 g/mol. The molecular formula is C17H15N5O3. The Bertz CT molecular complexity index is 922. The molecule has 0 aliphatic carbocycles. The molecule has 0 unspecified atom stereocenters. The number of carbonyl (C=O) groups excluding carboxylic acids is 1. The lowest BCUT2D eigenvalue weighted by molar-refractivity contribution is -0.384. The Hall–Kier alpha value is -3.55. The van der Waals surface area contributed by atoms with Gasteiger partial charge in [-0.15, -0.1) is 0 Å². The van der Waals surface area contributed by atoms with Crippen LogP contribution in [-0.2, 0) is 6.42 Å². The number of benzene rings is 2. The van der Waals surface area contributed by atoms with Crippen LogP contribution in [0.5, 0.6) is 0 Å². The molecule has 1 aromatic heterocycles. The fourth-order valence-electron chi connectivity index (χ4n) is 2.41. The number of aryl methyl sites for hydroxylation is 1.